The third kappa shape index (κ3) is 3.59. The number of methoxy groups -OCH3 is 1. The van der Waals surface area contributed by atoms with Crippen LogP contribution in [0.4, 0.5) is 0 Å². The summed E-state index contributed by atoms with van der Waals surface area (Å²) in [5, 5.41) is 0. The molecule has 0 amide bonds. The highest BCUT2D eigenvalue weighted by Crippen LogP contribution is 2.41. The molecule has 1 atom stereocenters. The number of para-hydroxylation sites is 1. The Labute approximate surface area is 76.6 Å². The summed E-state index contributed by atoms with van der Waals surface area (Å²) >= 11 is 0. The van der Waals surface area contributed by atoms with Gasteiger partial charge in [-0.2, -0.15) is 0 Å². The fraction of sp³-hybridized carbons (Fsp3) is 0.250. The van der Waals surface area contributed by atoms with Gasteiger partial charge in [0.05, 0.1) is 0 Å². The molecule has 5 heteroatoms. The Bertz CT molecular complexity index is 298. The van der Waals surface area contributed by atoms with Crippen LogP contribution in [0.2, 0.25) is 0 Å². The molecule has 0 heterocycles. The topological polar surface area (TPSA) is 55.8 Å². The Balaban J connectivity index is 2.64. The lowest BCUT2D eigenvalue weighted by molar-refractivity contribution is 0.220. The fourth-order valence-electron chi connectivity index (χ4n) is 0.836. The van der Waals surface area contributed by atoms with Gasteiger partial charge in [-0.3, -0.25) is 0 Å². The summed E-state index contributed by atoms with van der Waals surface area (Å²) in [6.07, 6.45) is -0.304. The van der Waals surface area contributed by atoms with E-state index in [-0.39, 0.29) is 6.35 Å². The van der Waals surface area contributed by atoms with Crippen molar-refractivity contribution >= 4 is 7.60 Å². The molecule has 1 aromatic rings. The first kappa shape index (κ1) is 10.3. The predicted molar refractivity (Wildman–Crippen MR) is 48.8 cm³/mol. The third-order valence-electron chi connectivity index (χ3n) is 1.28. The minimum Gasteiger partial charge on any atom is -0.423 e. The lowest BCUT2D eigenvalue weighted by Crippen LogP contribution is -1.98. The zero-order valence-corrected chi connectivity index (χ0v) is 8.11. The van der Waals surface area contributed by atoms with Gasteiger partial charge in [-0.1, -0.05) is 18.2 Å². The Hall–Kier alpha value is -0.830. The van der Waals surface area contributed by atoms with Gasteiger partial charge in [0.25, 0.3) is 0 Å². The molecule has 0 spiro atoms. The van der Waals surface area contributed by atoms with Crippen molar-refractivity contribution < 1.29 is 18.7 Å². The van der Waals surface area contributed by atoms with Crippen LogP contribution in [-0.2, 0) is 9.30 Å². The summed E-state index contributed by atoms with van der Waals surface area (Å²) in [6, 6.07) is 8.47. The molecular weight excluding hydrogens is 191 g/mol. The van der Waals surface area contributed by atoms with E-state index in [4.69, 9.17) is 4.52 Å². The van der Waals surface area contributed by atoms with Gasteiger partial charge in [-0.25, -0.2) is 4.57 Å². The molecule has 0 saturated carbocycles. The Morgan fingerprint density at radius 1 is 1.38 bits per heavy atom. The Morgan fingerprint density at radius 2 is 2.00 bits per heavy atom. The molecule has 0 bridgehead atoms. The van der Waals surface area contributed by atoms with Crippen molar-refractivity contribution in [2.24, 2.45) is 0 Å². The van der Waals surface area contributed by atoms with Gasteiger partial charge in [-0.15, -0.1) is 0 Å². The number of hydrogen-bond acceptors (Lipinski definition) is 3. The molecule has 13 heavy (non-hydrogen) atoms. The summed E-state index contributed by atoms with van der Waals surface area (Å²) < 4.78 is 20.6. The molecule has 0 aliphatic heterocycles. The summed E-state index contributed by atoms with van der Waals surface area (Å²) in [5.74, 6) is 0.366. The van der Waals surface area contributed by atoms with Crippen molar-refractivity contribution in [3.05, 3.63) is 30.3 Å². The number of benzene rings is 1. The maximum absolute atomic E-state index is 11.2. The van der Waals surface area contributed by atoms with E-state index in [1.807, 2.05) is 0 Å². The van der Waals surface area contributed by atoms with Crippen molar-refractivity contribution in [1.82, 2.24) is 0 Å². The van der Waals surface area contributed by atoms with E-state index in [0.717, 1.165) is 0 Å². The maximum Gasteiger partial charge on any atom is 0.402 e. The standard InChI is InChI=1S/C8H11O4P/c1-11-7-13(9,10)12-8-5-3-2-4-6-8/h2-6H,7H2,1H3,(H,9,10). The lowest BCUT2D eigenvalue weighted by Gasteiger charge is -2.11. The van der Waals surface area contributed by atoms with Crippen LogP contribution >= 0.6 is 7.60 Å². The third-order valence-corrected chi connectivity index (χ3v) is 2.36. The van der Waals surface area contributed by atoms with Crippen LogP contribution in [0, 0.1) is 0 Å². The number of ether oxygens (including phenoxy) is 1. The molecule has 0 fully saturated rings. The number of hydrogen-bond donors (Lipinski definition) is 1. The van der Waals surface area contributed by atoms with Crippen LogP contribution in [0.25, 0.3) is 0 Å². The Kier molecular flexibility index (Phi) is 3.48. The first-order valence-corrected chi connectivity index (χ1v) is 5.46. The molecular formula is C8H11O4P. The van der Waals surface area contributed by atoms with Crippen molar-refractivity contribution in [3.8, 4) is 5.75 Å². The molecule has 72 valence electrons. The van der Waals surface area contributed by atoms with E-state index in [0.29, 0.717) is 5.75 Å². The number of rotatable bonds is 4. The largest absolute Gasteiger partial charge is 0.423 e. The van der Waals surface area contributed by atoms with Crippen molar-refractivity contribution in [1.29, 1.82) is 0 Å². The predicted octanol–water partition coefficient (Wildman–Crippen LogP) is 1.85. The van der Waals surface area contributed by atoms with Crippen LogP contribution in [0.5, 0.6) is 5.75 Å². The SMILES string of the molecule is COCP(=O)(O)Oc1ccccc1. The van der Waals surface area contributed by atoms with Gasteiger partial charge < -0.3 is 14.2 Å². The molecule has 1 N–H and O–H groups in total. The second-order valence-electron chi connectivity index (χ2n) is 2.46. The first-order valence-electron chi connectivity index (χ1n) is 3.69. The molecule has 0 saturated heterocycles. The molecule has 1 aromatic carbocycles. The quantitative estimate of drug-likeness (QED) is 0.757. The van der Waals surface area contributed by atoms with E-state index in [1.54, 1.807) is 30.3 Å². The Morgan fingerprint density at radius 3 is 2.54 bits per heavy atom. The molecule has 0 aromatic heterocycles. The highest BCUT2D eigenvalue weighted by molar-refractivity contribution is 7.53. The van der Waals surface area contributed by atoms with Gasteiger partial charge in [0.15, 0.2) is 6.35 Å². The first-order chi connectivity index (χ1) is 6.14. The van der Waals surface area contributed by atoms with Gasteiger partial charge >= 0.3 is 7.60 Å². The molecule has 0 aliphatic carbocycles. The van der Waals surface area contributed by atoms with Crippen molar-refractivity contribution in [2.75, 3.05) is 13.5 Å². The van der Waals surface area contributed by atoms with Crippen LogP contribution in [0.15, 0.2) is 30.3 Å². The fourth-order valence-corrected chi connectivity index (χ4v) is 1.67. The minimum atomic E-state index is -3.64. The van der Waals surface area contributed by atoms with Crippen LogP contribution in [-0.4, -0.2) is 18.4 Å². The average molecular weight is 202 g/mol. The molecule has 1 unspecified atom stereocenters. The van der Waals surface area contributed by atoms with E-state index in [1.165, 1.54) is 7.11 Å². The van der Waals surface area contributed by atoms with Crippen molar-refractivity contribution in [2.45, 2.75) is 0 Å². The maximum atomic E-state index is 11.2. The average Bonchev–Trinajstić information content (AvgIpc) is 2.04. The normalized spacial score (nSPS) is 14.9. The summed E-state index contributed by atoms with van der Waals surface area (Å²) in [7, 11) is -2.29. The van der Waals surface area contributed by atoms with E-state index >= 15 is 0 Å². The monoisotopic (exact) mass is 202 g/mol. The van der Waals surface area contributed by atoms with Crippen LogP contribution in [0.1, 0.15) is 0 Å². The molecule has 4 nitrogen and oxygen atoms in total. The highest BCUT2D eigenvalue weighted by Gasteiger charge is 2.19. The van der Waals surface area contributed by atoms with Gasteiger partial charge in [0, 0.05) is 7.11 Å². The van der Waals surface area contributed by atoms with Gasteiger partial charge in [-0.05, 0) is 12.1 Å². The minimum absolute atomic E-state index is 0.304. The zero-order chi connectivity index (χ0) is 9.73. The van der Waals surface area contributed by atoms with Crippen LogP contribution in [0.3, 0.4) is 0 Å². The summed E-state index contributed by atoms with van der Waals surface area (Å²) in [4.78, 5) is 9.18. The lowest BCUT2D eigenvalue weighted by atomic mass is 10.3. The van der Waals surface area contributed by atoms with E-state index in [9.17, 15) is 9.46 Å². The van der Waals surface area contributed by atoms with Gasteiger partial charge in [0.1, 0.15) is 5.75 Å². The summed E-state index contributed by atoms with van der Waals surface area (Å²) in [6.45, 7) is 0. The second kappa shape index (κ2) is 4.42. The smallest absolute Gasteiger partial charge is 0.402 e. The molecule has 0 aliphatic rings. The molecule has 1 rings (SSSR count). The van der Waals surface area contributed by atoms with E-state index < -0.39 is 7.60 Å². The second-order valence-corrected chi connectivity index (χ2v) is 4.18. The molecule has 0 radical (unpaired) electrons. The highest BCUT2D eigenvalue weighted by atomic mass is 31.2. The summed E-state index contributed by atoms with van der Waals surface area (Å²) in [5.41, 5.74) is 0. The van der Waals surface area contributed by atoms with Gasteiger partial charge in [0.2, 0.25) is 0 Å². The van der Waals surface area contributed by atoms with Crippen LogP contribution < -0.4 is 4.52 Å². The van der Waals surface area contributed by atoms with E-state index in [2.05, 4.69) is 4.74 Å². The van der Waals surface area contributed by atoms with Crippen molar-refractivity contribution in [3.63, 3.8) is 0 Å². The zero-order valence-electron chi connectivity index (χ0n) is 7.21.